The zero-order valence-corrected chi connectivity index (χ0v) is 15.2. The summed E-state index contributed by atoms with van der Waals surface area (Å²) < 4.78 is 5.22. The number of benzene rings is 1. The number of Topliss-reactive ketones (excluding diaryl/α,β-unsaturated/α-hetero) is 1. The van der Waals surface area contributed by atoms with Crippen LogP contribution in [0.3, 0.4) is 0 Å². The molecular weight excluding hydrogens is 322 g/mol. The average Bonchev–Trinajstić information content (AvgIpc) is 2.57. The monoisotopic (exact) mass is 349 g/mol. The third kappa shape index (κ3) is 6.64. The zero-order valence-electron chi connectivity index (χ0n) is 15.2. The molecule has 1 aromatic carbocycles. The minimum Gasteiger partial charge on any atom is -0.462 e. The second kappa shape index (κ2) is 9.91. The third-order valence-corrected chi connectivity index (χ3v) is 4.32. The van der Waals surface area contributed by atoms with Crippen LogP contribution in [0.1, 0.15) is 58.4 Å². The Hall–Kier alpha value is -2.24. The molecular formula is C19H27NO5. The predicted molar refractivity (Wildman–Crippen MR) is 94.9 cm³/mol. The van der Waals surface area contributed by atoms with Crippen molar-refractivity contribution < 1.29 is 19.2 Å². The van der Waals surface area contributed by atoms with Crippen molar-refractivity contribution in [2.24, 2.45) is 0 Å². The van der Waals surface area contributed by atoms with Gasteiger partial charge >= 0.3 is 5.97 Å². The average molecular weight is 349 g/mol. The lowest BCUT2D eigenvalue weighted by atomic mass is 9.86. The second-order valence-electron chi connectivity index (χ2n) is 6.52. The molecule has 1 rings (SSSR count). The molecule has 6 heteroatoms. The Labute approximate surface area is 148 Å². The van der Waals surface area contributed by atoms with E-state index in [1.165, 1.54) is 13.8 Å². The maximum atomic E-state index is 12.6. The minimum atomic E-state index is -1.75. The molecule has 0 radical (unpaired) electrons. The first-order chi connectivity index (χ1) is 11.8. The molecule has 2 atom stereocenters. The summed E-state index contributed by atoms with van der Waals surface area (Å²) in [5.74, 6) is -0.918. The van der Waals surface area contributed by atoms with E-state index in [0.717, 1.165) is 18.4 Å². The Kier molecular flexibility index (Phi) is 8.25. The van der Waals surface area contributed by atoms with Gasteiger partial charge in [0.15, 0.2) is 0 Å². The molecule has 0 spiro atoms. The number of carbonyl (C=O) groups excluding carboxylic acids is 2. The molecule has 138 valence electrons. The van der Waals surface area contributed by atoms with Gasteiger partial charge in [-0.1, -0.05) is 50.1 Å². The van der Waals surface area contributed by atoms with Gasteiger partial charge in [-0.2, -0.15) is 0 Å². The molecule has 0 N–H and O–H groups in total. The number of unbranched alkanes of at least 4 members (excludes halogenated alkanes) is 1. The maximum Gasteiger partial charge on any atom is 0.302 e. The van der Waals surface area contributed by atoms with E-state index in [2.05, 4.69) is 0 Å². The van der Waals surface area contributed by atoms with Crippen molar-refractivity contribution in [3.63, 3.8) is 0 Å². The van der Waals surface area contributed by atoms with Gasteiger partial charge in [0.25, 0.3) is 5.54 Å². The van der Waals surface area contributed by atoms with E-state index in [1.807, 2.05) is 37.3 Å². The molecule has 0 heterocycles. The first-order valence-corrected chi connectivity index (χ1v) is 8.68. The Morgan fingerprint density at radius 3 is 2.44 bits per heavy atom. The molecule has 0 bridgehead atoms. The normalized spacial score (nSPS) is 14.4. The summed E-state index contributed by atoms with van der Waals surface area (Å²) in [6.45, 7) is 4.60. The van der Waals surface area contributed by atoms with Gasteiger partial charge in [-0.15, -0.1) is 0 Å². The minimum absolute atomic E-state index is 0.0854. The topological polar surface area (TPSA) is 86.5 Å². The van der Waals surface area contributed by atoms with Gasteiger partial charge in [-0.05, 0) is 18.4 Å². The number of aryl methyl sites for hydroxylation is 1. The highest BCUT2D eigenvalue weighted by molar-refractivity contribution is 5.86. The summed E-state index contributed by atoms with van der Waals surface area (Å²) in [7, 11) is 0. The van der Waals surface area contributed by atoms with Crippen LogP contribution in [0, 0.1) is 10.1 Å². The van der Waals surface area contributed by atoms with Gasteiger partial charge in [0, 0.05) is 25.2 Å². The zero-order chi connectivity index (χ0) is 18.9. The highest BCUT2D eigenvalue weighted by Crippen LogP contribution is 2.25. The first-order valence-electron chi connectivity index (χ1n) is 8.68. The van der Waals surface area contributed by atoms with Crippen LogP contribution in [-0.4, -0.2) is 28.3 Å². The van der Waals surface area contributed by atoms with Crippen molar-refractivity contribution in [3.05, 3.63) is 46.0 Å². The molecule has 0 saturated carbocycles. The van der Waals surface area contributed by atoms with Crippen LogP contribution in [-0.2, 0) is 20.7 Å². The number of carbonyl (C=O) groups is 2. The predicted octanol–water partition coefficient (Wildman–Crippen LogP) is 3.74. The number of nitrogens with zero attached hydrogens (tertiary/aromatic N) is 1. The van der Waals surface area contributed by atoms with E-state index in [-0.39, 0.29) is 12.8 Å². The van der Waals surface area contributed by atoms with Crippen LogP contribution < -0.4 is 0 Å². The van der Waals surface area contributed by atoms with Gasteiger partial charge in [0.05, 0.1) is 6.42 Å². The summed E-state index contributed by atoms with van der Waals surface area (Å²) in [5.41, 5.74) is -0.785. The van der Waals surface area contributed by atoms with Crippen LogP contribution >= 0.6 is 0 Å². The highest BCUT2D eigenvalue weighted by Gasteiger charge is 2.47. The lowest BCUT2D eigenvalue weighted by molar-refractivity contribution is -0.550. The van der Waals surface area contributed by atoms with E-state index >= 15 is 0 Å². The molecule has 0 saturated heterocycles. The van der Waals surface area contributed by atoms with E-state index in [9.17, 15) is 19.7 Å². The van der Waals surface area contributed by atoms with Crippen LogP contribution in [0.25, 0.3) is 0 Å². The fourth-order valence-electron chi connectivity index (χ4n) is 2.77. The number of esters is 1. The van der Waals surface area contributed by atoms with E-state index < -0.39 is 28.3 Å². The van der Waals surface area contributed by atoms with E-state index in [0.29, 0.717) is 12.8 Å². The molecule has 0 aliphatic rings. The molecule has 0 fully saturated rings. The molecule has 0 aliphatic heterocycles. The standard InChI is InChI=1S/C19H27NO5/c1-4-5-11-17(25-15(2)21)14-19(3,20(23)24)18(22)13-12-16-9-7-6-8-10-16/h6-10,17H,4-5,11-14H2,1-3H3/t17-,19-/m1/s1. The van der Waals surface area contributed by atoms with Gasteiger partial charge in [0.2, 0.25) is 5.78 Å². The summed E-state index contributed by atoms with van der Waals surface area (Å²) in [5, 5.41) is 11.6. The van der Waals surface area contributed by atoms with Crippen LogP contribution in [0.15, 0.2) is 30.3 Å². The van der Waals surface area contributed by atoms with Gasteiger partial charge in [-0.3, -0.25) is 19.7 Å². The number of hydrogen-bond acceptors (Lipinski definition) is 5. The Bertz CT molecular complexity index is 587. The largest absolute Gasteiger partial charge is 0.462 e. The summed E-state index contributed by atoms with van der Waals surface area (Å²) >= 11 is 0. The maximum absolute atomic E-state index is 12.6. The second-order valence-corrected chi connectivity index (χ2v) is 6.52. The molecule has 1 aromatic rings. The molecule has 0 amide bonds. The lowest BCUT2D eigenvalue weighted by Crippen LogP contribution is -2.47. The van der Waals surface area contributed by atoms with Gasteiger partial charge in [-0.25, -0.2) is 0 Å². The fraction of sp³-hybridized carbons (Fsp3) is 0.579. The van der Waals surface area contributed by atoms with Crippen molar-refractivity contribution in [2.45, 2.75) is 70.9 Å². The van der Waals surface area contributed by atoms with Crippen molar-refractivity contribution in [3.8, 4) is 0 Å². The number of ketones is 1. The summed E-state index contributed by atoms with van der Waals surface area (Å²) in [6.07, 6.45) is 2.02. The number of nitro groups is 1. The molecule has 0 aromatic heterocycles. The number of ether oxygens (including phenoxy) is 1. The lowest BCUT2D eigenvalue weighted by Gasteiger charge is -2.25. The van der Waals surface area contributed by atoms with Gasteiger partial charge in [0.1, 0.15) is 6.10 Å². The van der Waals surface area contributed by atoms with E-state index in [1.54, 1.807) is 0 Å². The van der Waals surface area contributed by atoms with Crippen molar-refractivity contribution >= 4 is 11.8 Å². The number of hydrogen-bond donors (Lipinski definition) is 0. The molecule has 0 unspecified atom stereocenters. The Balaban J connectivity index is 2.82. The first kappa shape index (κ1) is 20.8. The van der Waals surface area contributed by atoms with Crippen LogP contribution in [0.5, 0.6) is 0 Å². The van der Waals surface area contributed by atoms with Crippen molar-refractivity contribution in [2.75, 3.05) is 0 Å². The SMILES string of the molecule is CCCC[C@H](C[C@](C)(C(=O)CCc1ccccc1)[N+](=O)[O-])OC(C)=O. The third-order valence-electron chi connectivity index (χ3n) is 4.32. The molecule has 0 aliphatic carbocycles. The smallest absolute Gasteiger partial charge is 0.302 e. The Morgan fingerprint density at radius 1 is 1.28 bits per heavy atom. The van der Waals surface area contributed by atoms with Crippen LogP contribution in [0.4, 0.5) is 0 Å². The summed E-state index contributed by atoms with van der Waals surface area (Å²) in [6, 6.07) is 9.39. The van der Waals surface area contributed by atoms with Gasteiger partial charge < -0.3 is 4.74 Å². The highest BCUT2D eigenvalue weighted by atomic mass is 16.6. The van der Waals surface area contributed by atoms with Crippen molar-refractivity contribution in [1.29, 1.82) is 0 Å². The Morgan fingerprint density at radius 2 is 1.92 bits per heavy atom. The van der Waals surface area contributed by atoms with Crippen molar-refractivity contribution in [1.82, 2.24) is 0 Å². The number of rotatable bonds is 11. The summed E-state index contributed by atoms with van der Waals surface area (Å²) in [4.78, 5) is 34.9. The van der Waals surface area contributed by atoms with Crippen LogP contribution in [0.2, 0.25) is 0 Å². The molecule has 25 heavy (non-hydrogen) atoms. The molecule has 6 nitrogen and oxygen atoms in total. The fourth-order valence-corrected chi connectivity index (χ4v) is 2.77. The quantitative estimate of drug-likeness (QED) is 0.345. The van der Waals surface area contributed by atoms with E-state index in [4.69, 9.17) is 4.74 Å².